The molecule has 0 aliphatic heterocycles. The van der Waals surface area contributed by atoms with Gasteiger partial charge in [-0.15, -0.1) is 0 Å². The molecule has 8 nitrogen and oxygen atoms in total. The lowest BCUT2D eigenvalue weighted by Crippen LogP contribution is -2.63. The monoisotopic (exact) mass is 479 g/mol. The van der Waals surface area contributed by atoms with Gasteiger partial charge in [0.05, 0.1) is 0 Å². The molecule has 4 rings (SSSR count). The molecule has 0 spiro atoms. The van der Waals surface area contributed by atoms with Crippen molar-refractivity contribution in [3.8, 4) is 11.1 Å². The molecule has 1 fully saturated rings. The van der Waals surface area contributed by atoms with Crippen LogP contribution in [0.1, 0.15) is 49.1 Å². The second kappa shape index (κ2) is 10.5. The van der Waals surface area contributed by atoms with E-state index >= 15 is 0 Å². The van der Waals surface area contributed by atoms with Crippen LogP contribution in [-0.4, -0.2) is 66.8 Å². The molecule has 0 saturated heterocycles. The maximum absolute atomic E-state index is 13.3. The first-order valence-electron chi connectivity index (χ1n) is 12.1. The molecule has 0 heterocycles. The van der Waals surface area contributed by atoms with Gasteiger partial charge in [-0.25, -0.2) is 9.59 Å². The SMILES string of the molecule is CN(C)CC(NC(=O)C1(NC(=O)OCC2c3ccccc3-c3ccccc32)CCCCC1)C(=O)O. The summed E-state index contributed by atoms with van der Waals surface area (Å²) in [7, 11) is 3.49. The average Bonchev–Trinajstić information content (AvgIpc) is 3.16. The molecule has 1 atom stereocenters. The maximum atomic E-state index is 13.3. The highest BCUT2D eigenvalue weighted by Crippen LogP contribution is 2.44. The van der Waals surface area contributed by atoms with Crippen molar-refractivity contribution in [2.24, 2.45) is 0 Å². The topological polar surface area (TPSA) is 108 Å². The van der Waals surface area contributed by atoms with Crippen LogP contribution in [0.25, 0.3) is 11.1 Å². The number of alkyl carbamates (subject to hydrolysis) is 1. The normalized spacial score (nSPS) is 17.2. The fourth-order valence-corrected chi connectivity index (χ4v) is 5.24. The zero-order chi connectivity index (χ0) is 25.0. The van der Waals surface area contributed by atoms with Crippen molar-refractivity contribution in [1.82, 2.24) is 15.5 Å². The molecular formula is C27H33N3O5. The van der Waals surface area contributed by atoms with E-state index in [9.17, 15) is 19.5 Å². The Kier molecular flexibility index (Phi) is 7.40. The minimum Gasteiger partial charge on any atom is -0.480 e. The zero-order valence-corrected chi connectivity index (χ0v) is 20.3. The van der Waals surface area contributed by atoms with E-state index in [2.05, 4.69) is 22.8 Å². The molecule has 2 aromatic carbocycles. The highest BCUT2D eigenvalue weighted by Gasteiger charge is 2.43. The average molecular weight is 480 g/mol. The number of nitrogens with zero attached hydrogens (tertiary/aromatic N) is 1. The molecule has 3 N–H and O–H groups in total. The van der Waals surface area contributed by atoms with Crippen LogP contribution in [0.3, 0.4) is 0 Å². The van der Waals surface area contributed by atoms with Gasteiger partial charge in [-0.1, -0.05) is 67.8 Å². The second-order valence-electron chi connectivity index (χ2n) is 9.72. The number of carbonyl (C=O) groups excluding carboxylic acids is 2. The van der Waals surface area contributed by atoms with Crippen LogP contribution < -0.4 is 10.6 Å². The van der Waals surface area contributed by atoms with Crippen LogP contribution in [-0.2, 0) is 14.3 Å². The van der Waals surface area contributed by atoms with Gasteiger partial charge in [0.15, 0.2) is 0 Å². The van der Waals surface area contributed by atoms with Crippen LogP contribution in [0.4, 0.5) is 4.79 Å². The summed E-state index contributed by atoms with van der Waals surface area (Å²) in [5, 5.41) is 15.0. The Hall–Kier alpha value is -3.39. The standard InChI is InChI=1S/C27H33N3O5/c1-30(2)16-23(24(31)32)28-25(33)27(14-8-3-9-15-27)29-26(34)35-17-22-20-12-6-4-10-18(20)19-11-5-7-13-21(19)22/h4-7,10-13,22-23H,3,8-9,14-17H2,1-2H3,(H,28,33)(H,29,34)(H,31,32). The quantitative estimate of drug-likeness (QED) is 0.536. The number of carbonyl (C=O) groups is 3. The summed E-state index contributed by atoms with van der Waals surface area (Å²) >= 11 is 0. The minimum atomic E-state index is -1.18. The van der Waals surface area contributed by atoms with Crippen LogP contribution in [0.15, 0.2) is 48.5 Å². The maximum Gasteiger partial charge on any atom is 0.408 e. The number of carboxylic acids is 1. The van der Waals surface area contributed by atoms with Gasteiger partial charge in [0.2, 0.25) is 5.91 Å². The van der Waals surface area contributed by atoms with Gasteiger partial charge in [0.1, 0.15) is 18.2 Å². The van der Waals surface area contributed by atoms with E-state index in [0.29, 0.717) is 12.8 Å². The molecule has 2 aliphatic rings. The molecular weight excluding hydrogens is 446 g/mol. The van der Waals surface area contributed by atoms with Crippen molar-refractivity contribution in [2.75, 3.05) is 27.2 Å². The molecule has 0 radical (unpaired) electrons. The van der Waals surface area contributed by atoms with Crippen molar-refractivity contribution in [3.63, 3.8) is 0 Å². The third-order valence-electron chi connectivity index (χ3n) is 6.98. The van der Waals surface area contributed by atoms with Crippen molar-refractivity contribution in [1.29, 1.82) is 0 Å². The zero-order valence-electron chi connectivity index (χ0n) is 20.3. The summed E-state index contributed by atoms with van der Waals surface area (Å²) < 4.78 is 5.68. The smallest absolute Gasteiger partial charge is 0.408 e. The van der Waals surface area contributed by atoms with Gasteiger partial charge < -0.3 is 25.4 Å². The molecule has 2 aliphatic carbocycles. The van der Waals surface area contributed by atoms with E-state index in [1.165, 1.54) is 0 Å². The Morgan fingerprint density at radius 3 is 2.11 bits per heavy atom. The number of aliphatic carboxylic acids is 1. The number of likely N-dealkylation sites (N-methyl/N-ethyl adjacent to an activating group) is 1. The molecule has 1 saturated carbocycles. The van der Waals surface area contributed by atoms with Crippen LogP contribution in [0.2, 0.25) is 0 Å². The van der Waals surface area contributed by atoms with Crippen LogP contribution in [0, 0.1) is 0 Å². The molecule has 2 aromatic rings. The lowest BCUT2D eigenvalue weighted by Gasteiger charge is -2.37. The summed E-state index contributed by atoms with van der Waals surface area (Å²) in [6.45, 7) is 0.304. The molecule has 35 heavy (non-hydrogen) atoms. The largest absolute Gasteiger partial charge is 0.480 e. The van der Waals surface area contributed by atoms with Gasteiger partial charge >= 0.3 is 12.1 Å². The summed E-state index contributed by atoms with van der Waals surface area (Å²) in [5.41, 5.74) is 3.32. The van der Waals surface area contributed by atoms with E-state index in [4.69, 9.17) is 4.74 Å². The number of carboxylic acid groups (broad SMARTS) is 1. The summed E-state index contributed by atoms with van der Waals surface area (Å²) in [5.74, 6) is -1.67. The lowest BCUT2D eigenvalue weighted by atomic mass is 9.80. The number of nitrogens with one attached hydrogen (secondary N) is 2. The first kappa shape index (κ1) is 24.7. The number of fused-ring (bicyclic) bond motifs is 3. The van der Waals surface area contributed by atoms with E-state index in [1.807, 2.05) is 36.4 Å². The van der Waals surface area contributed by atoms with Gasteiger partial charge in [0, 0.05) is 12.5 Å². The Morgan fingerprint density at radius 1 is 1.00 bits per heavy atom. The van der Waals surface area contributed by atoms with Crippen molar-refractivity contribution < 1.29 is 24.2 Å². The fraction of sp³-hybridized carbons (Fsp3) is 0.444. The van der Waals surface area contributed by atoms with Crippen molar-refractivity contribution >= 4 is 18.0 Å². The molecule has 2 amide bonds. The van der Waals surface area contributed by atoms with Crippen LogP contribution in [0.5, 0.6) is 0 Å². The number of rotatable bonds is 8. The fourth-order valence-electron chi connectivity index (χ4n) is 5.24. The number of benzene rings is 2. The van der Waals surface area contributed by atoms with E-state index < -0.39 is 29.6 Å². The highest BCUT2D eigenvalue weighted by atomic mass is 16.5. The third-order valence-corrected chi connectivity index (χ3v) is 6.98. The Morgan fingerprint density at radius 2 is 1.57 bits per heavy atom. The lowest BCUT2D eigenvalue weighted by molar-refractivity contribution is -0.143. The summed E-state index contributed by atoms with van der Waals surface area (Å²) in [4.78, 5) is 39.6. The van der Waals surface area contributed by atoms with Crippen molar-refractivity contribution in [3.05, 3.63) is 59.7 Å². The van der Waals surface area contributed by atoms with Gasteiger partial charge in [-0.05, 0) is 49.2 Å². The summed E-state index contributed by atoms with van der Waals surface area (Å²) in [6.07, 6.45) is 2.71. The molecule has 186 valence electrons. The van der Waals surface area contributed by atoms with Crippen molar-refractivity contribution in [2.45, 2.75) is 49.6 Å². The van der Waals surface area contributed by atoms with Gasteiger partial charge in [-0.3, -0.25) is 4.79 Å². The summed E-state index contributed by atoms with van der Waals surface area (Å²) in [6, 6.07) is 15.1. The third kappa shape index (κ3) is 5.32. The van der Waals surface area contributed by atoms with Gasteiger partial charge in [0.25, 0.3) is 0 Å². The molecule has 0 bridgehead atoms. The number of hydrogen-bond acceptors (Lipinski definition) is 5. The predicted octanol–water partition coefficient (Wildman–Crippen LogP) is 3.36. The first-order chi connectivity index (χ1) is 16.8. The Labute approximate surface area is 205 Å². The van der Waals surface area contributed by atoms with Gasteiger partial charge in [-0.2, -0.15) is 0 Å². The minimum absolute atomic E-state index is 0.0826. The first-order valence-corrected chi connectivity index (χ1v) is 12.1. The van der Waals surface area contributed by atoms with E-state index in [-0.39, 0.29) is 19.1 Å². The molecule has 8 heteroatoms. The number of amides is 2. The van der Waals surface area contributed by atoms with Crippen LogP contribution >= 0.6 is 0 Å². The second-order valence-corrected chi connectivity index (χ2v) is 9.72. The Bertz CT molecular complexity index is 1050. The molecule has 1 unspecified atom stereocenters. The predicted molar refractivity (Wildman–Crippen MR) is 132 cm³/mol. The number of ether oxygens (including phenoxy) is 1. The number of hydrogen-bond donors (Lipinski definition) is 3. The molecule has 0 aromatic heterocycles. The highest BCUT2D eigenvalue weighted by molar-refractivity contribution is 5.93. The van der Waals surface area contributed by atoms with E-state index in [0.717, 1.165) is 41.5 Å². The Balaban J connectivity index is 1.46. The van der Waals surface area contributed by atoms with E-state index in [1.54, 1.807) is 19.0 Å².